The van der Waals surface area contributed by atoms with E-state index in [1.165, 1.54) is 4.90 Å². The molecule has 18 heavy (non-hydrogen) atoms. The number of carbonyl (C=O) groups excluding carboxylic acids is 1. The fourth-order valence-electron chi connectivity index (χ4n) is 2.79. The molecule has 0 bridgehead atoms. The van der Waals surface area contributed by atoms with Crippen LogP contribution in [-0.2, 0) is 9.59 Å². The Morgan fingerprint density at radius 3 is 2.78 bits per heavy atom. The van der Waals surface area contributed by atoms with E-state index in [-0.39, 0.29) is 18.9 Å². The number of hydrogen-bond donors (Lipinski definition) is 3. The lowest BCUT2D eigenvalue weighted by Gasteiger charge is -2.26. The van der Waals surface area contributed by atoms with E-state index in [1.807, 2.05) is 0 Å². The lowest BCUT2D eigenvalue weighted by molar-refractivity contribution is -0.148. The summed E-state index contributed by atoms with van der Waals surface area (Å²) in [6, 6.07) is -0.857. The van der Waals surface area contributed by atoms with Crippen LogP contribution in [0.1, 0.15) is 25.7 Å². The van der Waals surface area contributed by atoms with Gasteiger partial charge in [0.15, 0.2) is 0 Å². The largest absolute Gasteiger partial charge is 0.480 e. The first-order valence-corrected chi connectivity index (χ1v) is 6.49. The van der Waals surface area contributed by atoms with Crippen LogP contribution in [0, 0.1) is 5.92 Å². The van der Waals surface area contributed by atoms with Crippen LogP contribution >= 0.6 is 0 Å². The first kappa shape index (κ1) is 13.3. The first-order valence-electron chi connectivity index (χ1n) is 6.49. The summed E-state index contributed by atoms with van der Waals surface area (Å²) in [5.41, 5.74) is 0. The monoisotopic (exact) mass is 256 g/mol. The standard InChI is InChI=1S/C12H20N2O4/c15-9-5-10(12(17)18)14(7-9)11(16)4-8-2-1-3-13-6-8/h8-10,13,15H,1-7H2,(H,17,18)/t8?,9-,10-/m1/s1. The number of β-amino-alcohol motifs (C(OH)–C–C–N with tert-alkyl or cyclic N) is 1. The minimum absolute atomic E-state index is 0.143. The quantitative estimate of drug-likeness (QED) is 0.629. The Kier molecular flexibility index (Phi) is 4.19. The fourth-order valence-corrected chi connectivity index (χ4v) is 2.79. The molecule has 2 aliphatic heterocycles. The second kappa shape index (κ2) is 5.67. The second-order valence-corrected chi connectivity index (χ2v) is 5.21. The summed E-state index contributed by atoms with van der Waals surface area (Å²) in [7, 11) is 0. The molecule has 0 radical (unpaired) electrons. The Labute approximate surface area is 106 Å². The molecule has 3 atom stereocenters. The molecule has 0 aromatic heterocycles. The molecule has 0 spiro atoms. The minimum atomic E-state index is -1.03. The number of piperidine rings is 1. The molecule has 6 nitrogen and oxygen atoms in total. The summed E-state index contributed by atoms with van der Waals surface area (Å²) in [6.45, 7) is 1.96. The molecule has 2 aliphatic rings. The van der Waals surface area contributed by atoms with Crippen molar-refractivity contribution in [3.8, 4) is 0 Å². The van der Waals surface area contributed by atoms with Gasteiger partial charge in [-0.25, -0.2) is 4.79 Å². The number of aliphatic carboxylic acids is 1. The molecule has 2 saturated heterocycles. The Bertz CT molecular complexity index is 328. The van der Waals surface area contributed by atoms with Gasteiger partial charge in [-0.3, -0.25) is 4.79 Å². The number of carboxylic acid groups (broad SMARTS) is 1. The van der Waals surface area contributed by atoms with Crippen molar-refractivity contribution in [1.82, 2.24) is 10.2 Å². The zero-order chi connectivity index (χ0) is 13.1. The van der Waals surface area contributed by atoms with Gasteiger partial charge in [-0.05, 0) is 31.8 Å². The van der Waals surface area contributed by atoms with Crippen molar-refractivity contribution >= 4 is 11.9 Å². The molecule has 0 aliphatic carbocycles. The van der Waals surface area contributed by atoms with E-state index in [0.29, 0.717) is 12.3 Å². The highest BCUT2D eigenvalue weighted by atomic mass is 16.4. The van der Waals surface area contributed by atoms with Gasteiger partial charge >= 0.3 is 5.97 Å². The Morgan fingerprint density at radius 2 is 2.17 bits per heavy atom. The van der Waals surface area contributed by atoms with Crippen molar-refractivity contribution in [2.24, 2.45) is 5.92 Å². The summed E-state index contributed by atoms with van der Waals surface area (Å²) in [5.74, 6) is -0.882. The van der Waals surface area contributed by atoms with Crippen molar-refractivity contribution in [3.05, 3.63) is 0 Å². The van der Waals surface area contributed by atoms with Crippen molar-refractivity contribution in [2.45, 2.75) is 37.8 Å². The summed E-state index contributed by atoms with van der Waals surface area (Å²) in [4.78, 5) is 24.5. The predicted octanol–water partition coefficient (Wildman–Crippen LogP) is -0.577. The van der Waals surface area contributed by atoms with Gasteiger partial charge in [0.1, 0.15) is 6.04 Å². The molecule has 1 unspecified atom stereocenters. The number of rotatable bonds is 3. The number of carboxylic acids is 1. The Morgan fingerprint density at radius 1 is 1.39 bits per heavy atom. The summed E-state index contributed by atoms with van der Waals surface area (Å²) < 4.78 is 0. The number of aliphatic hydroxyl groups excluding tert-OH is 1. The zero-order valence-corrected chi connectivity index (χ0v) is 10.3. The third-order valence-electron chi connectivity index (χ3n) is 3.75. The molecule has 2 heterocycles. The Balaban J connectivity index is 1.92. The minimum Gasteiger partial charge on any atom is -0.480 e. The summed E-state index contributed by atoms with van der Waals surface area (Å²) >= 11 is 0. The number of aliphatic hydroxyl groups is 1. The van der Waals surface area contributed by atoms with Gasteiger partial charge in [0.2, 0.25) is 5.91 Å². The van der Waals surface area contributed by atoms with Gasteiger partial charge in [-0.1, -0.05) is 0 Å². The molecule has 6 heteroatoms. The van der Waals surface area contributed by atoms with Gasteiger partial charge in [-0.15, -0.1) is 0 Å². The van der Waals surface area contributed by atoms with E-state index < -0.39 is 18.1 Å². The molecular formula is C12H20N2O4. The smallest absolute Gasteiger partial charge is 0.326 e. The third kappa shape index (κ3) is 3.00. The van der Waals surface area contributed by atoms with Gasteiger partial charge < -0.3 is 20.4 Å². The average Bonchev–Trinajstić information content (AvgIpc) is 2.73. The number of likely N-dealkylation sites (tertiary alicyclic amines) is 1. The van der Waals surface area contributed by atoms with E-state index in [1.54, 1.807) is 0 Å². The van der Waals surface area contributed by atoms with E-state index >= 15 is 0 Å². The number of carbonyl (C=O) groups is 2. The molecule has 0 aromatic rings. The van der Waals surface area contributed by atoms with E-state index in [0.717, 1.165) is 25.9 Å². The fraction of sp³-hybridized carbons (Fsp3) is 0.833. The van der Waals surface area contributed by atoms with Gasteiger partial charge in [0.25, 0.3) is 0 Å². The van der Waals surface area contributed by atoms with E-state index in [4.69, 9.17) is 5.11 Å². The third-order valence-corrected chi connectivity index (χ3v) is 3.75. The van der Waals surface area contributed by atoms with E-state index in [9.17, 15) is 14.7 Å². The lowest BCUT2D eigenvalue weighted by Crippen LogP contribution is -2.42. The molecule has 1 amide bonds. The normalized spacial score (nSPS) is 32.5. The van der Waals surface area contributed by atoms with Crippen molar-refractivity contribution in [2.75, 3.05) is 19.6 Å². The molecule has 102 valence electrons. The zero-order valence-electron chi connectivity index (χ0n) is 10.3. The number of amides is 1. The van der Waals surface area contributed by atoms with Crippen LogP contribution in [0.3, 0.4) is 0 Å². The SMILES string of the molecule is O=C(O)[C@H]1C[C@@H](O)CN1C(=O)CC1CCCNC1. The molecular weight excluding hydrogens is 236 g/mol. The highest BCUT2D eigenvalue weighted by Crippen LogP contribution is 2.22. The van der Waals surface area contributed by atoms with Crippen LogP contribution in [0.4, 0.5) is 0 Å². The lowest BCUT2D eigenvalue weighted by atomic mass is 9.95. The molecule has 2 rings (SSSR count). The number of nitrogens with zero attached hydrogens (tertiary/aromatic N) is 1. The first-order chi connectivity index (χ1) is 8.58. The number of hydrogen-bond acceptors (Lipinski definition) is 4. The molecule has 0 saturated carbocycles. The average molecular weight is 256 g/mol. The highest BCUT2D eigenvalue weighted by Gasteiger charge is 2.39. The number of nitrogens with one attached hydrogen (secondary N) is 1. The van der Waals surface area contributed by atoms with Crippen LogP contribution in [0.15, 0.2) is 0 Å². The van der Waals surface area contributed by atoms with Gasteiger partial charge in [0.05, 0.1) is 6.10 Å². The van der Waals surface area contributed by atoms with Gasteiger partial charge in [0, 0.05) is 19.4 Å². The van der Waals surface area contributed by atoms with Gasteiger partial charge in [-0.2, -0.15) is 0 Å². The predicted molar refractivity (Wildman–Crippen MR) is 64.0 cm³/mol. The Hall–Kier alpha value is -1.14. The molecule has 0 aromatic carbocycles. The van der Waals surface area contributed by atoms with Crippen LogP contribution in [0.5, 0.6) is 0 Å². The molecule has 3 N–H and O–H groups in total. The van der Waals surface area contributed by atoms with Crippen molar-refractivity contribution in [1.29, 1.82) is 0 Å². The topological polar surface area (TPSA) is 89.9 Å². The molecule has 2 fully saturated rings. The maximum absolute atomic E-state index is 12.1. The van der Waals surface area contributed by atoms with Crippen LogP contribution in [0.2, 0.25) is 0 Å². The van der Waals surface area contributed by atoms with Crippen LogP contribution in [-0.4, -0.2) is 58.8 Å². The van der Waals surface area contributed by atoms with Crippen molar-refractivity contribution < 1.29 is 19.8 Å². The maximum Gasteiger partial charge on any atom is 0.326 e. The van der Waals surface area contributed by atoms with E-state index in [2.05, 4.69) is 5.32 Å². The summed E-state index contributed by atoms with van der Waals surface area (Å²) in [6.07, 6.45) is 1.88. The maximum atomic E-state index is 12.1. The van der Waals surface area contributed by atoms with Crippen molar-refractivity contribution in [3.63, 3.8) is 0 Å². The second-order valence-electron chi connectivity index (χ2n) is 5.21. The van der Waals surface area contributed by atoms with Crippen LogP contribution in [0.25, 0.3) is 0 Å². The highest BCUT2D eigenvalue weighted by molar-refractivity contribution is 5.84. The summed E-state index contributed by atoms with van der Waals surface area (Å²) in [5, 5.41) is 21.8. The van der Waals surface area contributed by atoms with Crippen LogP contribution < -0.4 is 5.32 Å².